The summed E-state index contributed by atoms with van der Waals surface area (Å²) < 4.78 is 1.97. The van der Waals surface area contributed by atoms with Crippen molar-refractivity contribution in [1.29, 1.82) is 0 Å². The predicted molar refractivity (Wildman–Crippen MR) is 80.1 cm³/mol. The van der Waals surface area contributed by atoms with Crippen LogP contribution in [0.2, 0.25) is 0 Å². The lowest BCUT2D eigenvalue weighted by Crippen LogP contribution is -1.98. The van der Waals surface area contributed by atoms with E-state index < -0.39 is 0 Å². The number of hydrogen-bond acceptors (Lipinski definition) is 1. The minimum absolute atomic E-state index is 0.384. The van der Waals surface area contributed by atoms with Gasteiger partial charge in [-0.1, -0.05) is 50.8 Å². The number of aliphatic hydroxyl groups excluding tert-OH is 1. The van der Waals surface area contributed by atoms with Gasteiger partial charge in [-0.2, -0.15) is 0 Å². The maximum absolute atomic E-state index is 10.1. The molecule has 94 valence electrons. The lowest BCUT2D eigenvalue weighted by molar-refractivity contribution is 0.162. The topological polar surface area (TPSA) is 20.2 Å². The summed E-state index contributed by atoms with van der Waals surface area (Å²) in [5, 5.41) is 10.1. The van der Waals surface area contributed by atoms with E-state index in [1.54, 1.807) is 0 Å². The summed E-state index contributed by atoms with van der Waals surface area (Å²) in [6, 6.07) is 5.89. The fraction of sp³-hybridized carbons (Fsp3) is 0.429. The molecule has 0 saturated carbocycles. The monoisotopic (exact) mass is 360 g/mol. The normalized spacial score (nSPS) is 12.4. The Bertz CT molecular complexity index is 363. The summed E-state index contributed by atoms with van der Waals surface area (Å²) in [5.74, 6) is 0. The fourth-order valence-corrected chi connectivity index (χ4v) is 2.62. The van der Waals surface area contributed by atoms with Crippen LogP contribution in [0.3, 0.4) is 0 Å². The van der Waals surface area contributed by atoms with Gasteiger partial charge in [0.2, 0.25) is 0 Å². The largest absolute Gasteiger partial charge is 0.388 e. The van der Waals surface area contributed by atoms with Gasteiger partial charge in [-0.3, -0.25) is 0 Å². The molecule has 1 N–H and O–H groups in total. The van der Waals surface area contributed by atoms with Gasteiger partial charge in [-0.05, 0) is 43.0 Å². The molecule has 0 fully saturated rings. The molecule has 0 aliphatic rings. The molecule has 0 aliphatic heterocycles. The van der Waals surface area contributed by atoms with Crippen LogP contribution < -0.4 is 0 Å². The second kappa shape index (κ2) is 8.06. The third-order valence-electron chi connectivity index (χ3n) is 2.70. The molecule has 0 bridgehead atoms. The van der Waals surface area contributed by atoms with E-state index >= 15 is 0 Å². The first-order valence-electron chi connectivity index (χ1n) is 5.89. The average Bonchev–Trinajstić information content (AvgIpc) is 2.32. The van der Waals surface area contributed by atoms with Crippen LogP contribution in [0, 0.1) is 0 Å². The van der Waals surface area contributed by atoms with E-state index in [1.165, 1.54) is 0 Å². The Morgan fingerprint density at radius 1 is 1.24 bits per heavy atom. The molecule has 3 heteroatoms. The van der Waals surface area contributed by atoms with Crippen LogP contribution in [-0.4, -0.2) is 5.11 Å². The van der Waals surface area contributed by atoms with Gasteiger partial charge in [-0.15, -0.1) is 6.58 Å². The van der Waals surface area contributed by atoms with Crippen molar-refractivity contribution in [3.63, 3.8) is 0 Å². The Morgan fingerprint density at radius 2 is 2.00 bits per heavy atom. The first-order chi connectivity index (χ1) is 8.15. The molecular weight excluding hydrogens is 344 g/mol. The van der Waals surface area contributed by atoms with Gasteiger partial charge in [0.25, 0.3) is 0 Å². The van der Waals surface area contributed by atoms with Crippen molar-refractivity contribution in [2.45, 2.75) is 38.2 Å². The second-order valence-corrected chi connectivity index (χ2v) is 5.88. The van der Waals surface area contributed by atoms with Crippen LogP contribution in [0.5, 0.6) is 0 Å². The first-order valence-corrected chi connectivity index (χ1v) is 7.47. The molecule has 0 aliphatic carbocycles. The SMILES string of the molecule is C=CCCCCCC(O)c1cc(Br)ccc1Br. The molecule has 0 spiro atoms. The fourth-order valence-electron chi connectivity index (χ4n) is 1.73. The Hall–Kier alpha value is -0.120. The minimum atomic E-state index is -0.384. The lowest BCUT2D eigenvalue weighted by atomic mass is 10.0. The number of rotatable bonds is 7. The lowest BCUT2D eigenvalue weighted by Gasteiger charge is -2.13. The molecule has 0 saturated heterocycles. The summed E-state index contributed by atoms with van der Waals surface area (Å²) in [6.45, 7) is 3.70. The number of benzene rings is 1. The zero-order valence-corrected chi connectivity index (χ0v) is 13.0. The van der Waals surface area contributed by atoms with E-state index in [0.29, 0.717) is 0 Å². The molecule has 0 radical (unpaired) electrons. The molecule has 1 nitrogen and oxygen atoms in total. The van der Waals surface area contributed by atoms with E-state index in [4.69, 9.17) is 0 Å². The van der Waals surface area contributed by atoms with E-state index in [1.807, 2.05) is 24.3 Å². The zero-order valence-electron chi connectivity index (χ0n) is 9.83. The molecule has 0 amide bonds. The summed E-state index contributed by atoms with van der Waals surface area (Å²) in [7, 11) is 0. The van der Waals surface area contributed by atoms with Crippen molar-refractivity contribution in [2.24, 2.45) is 0 Å². The van der Waals surface area contributed by atoms with Crippen molar-refractivity contribution in [2.75, 3.05) is 0 Å². The maximum atomic E-state index is 10.1. The summed E-state index contributed by atoms with van der Waals surface area (Å²) in [6.07, 6.45) is 6.80. The highest BCUT2D eigenvalue weighted by atomic mass is 79.9. The summed E-state index contributed by atoms with van der Waals surface area (Å²) in [5.41, 5.74) is 0.961. The molecule has 1 rings (SSSR count). The highest BCUT2D eigenvalue weighted by Crippen LogP contribution is 2.29. The Kier molecular flexibility index (Phi) is 7.09. The molecule has 1 aromatic rings. The second-order valence-electron chi connectivity index (χ2n) is 4.11. The molecule has 1 atom stereocenters. The quantitative estimate of drug-likeness (QED) is 0.510. The van der Waals surface area contributed by atoms with Crippen molar-refractivity contribution >= 4 is 31.9 Å². The molecular formula is C14H18Br2O. The summed E-state index contributed by atoms with van der Waals surface area (Å²) in [4.78, 5) is 0. The van der Waals surface area contributed by atoms with Crippen LogP contribution in [0.1, 0.15) is 43.8 Å². The van der Waals surface area contributed by atoms with E-state index in [0.717, 1.165) is 46.6 Å². The molecule has 0 heterocycles. The molecule has 0 aromatic heterocycles. The molecule has 1 aromatic carbocycles. The highest BCUT2D eigenvalue weighted by molar-refractivity contribution is 9.11. The van der Waals surface area contributed by atoms with Crippen LogP contribution in [0.25, 0.3) is 0 Å². The van der Waals surface area contributed by atoms with E-state index in [2.05, 4.69) is 38.4 Å². The van der Waals surface area contributed by atoms with Gasteiger partial charge in [0.15, 0.2) is 0 Å². The van der Waals surface area contributed by atoms with Gasteiger partial charge in [0.05, 0.1) is 6.10 Å². The van der Waals surface area contributed by atoms with Crippen molar-refractivity contribution < 1.29 is 5.11 Å². The number of halogens is 2. The number of allylic oxidation sites excluding steroid dienone is 1. The number of hydrogen-bond donors (Lipinski definition) is 1. The first kappa shape index (κ1) is 14.9. The highest BCUT2D eigenvalue weighted by Gasteiger charge is 2.11. The molecule has 17 heavy (non-hydrogen) atoms. The Balaban J connectivity index is 2.43. The van der Waals surface area contributed by atoms with Crippen LogP contribution in [0.15, 0.2) is 39.8 Å². The van der Waals surface area contributed by atoms with Gasteiger partial charge < -0.3 is 5.11 Å². The van der Waals surface area contributed by atoms with E-state index in [-0.39, 0.29) is 6.10 Å². The van der Waals surface area contributed by atoms with Gasteiger partial charge in [0.1, 0.15) is 0 Å². The van der Waals surface area contributed by atoms with Crippen LogP contribution in [0.4, 0.5) is 0 Å². The smallest absolute Gasteiger partial charge is 0.0801 e. The van der Waals surface area contributed by atoms with Crippen molar-refractivity contribution in [3.8, 4) is 0 Å². The van der Waals surface area contributed by atoms with Crippen LogP contribution in [-0.2, 0) is 0 Å². The Labute approximate surface area is 120 Å². The van der Waals surface area contributed by atoms with Gasteiger partial charge >= 0.3 is 0 Å². The average molecular weight is 362 g/mol. The standard InChI is InChI=1S/C14H18Br2O/c1-2-3-4-5-6-7-14(17)12-10-11(15)8-9-13(12)16/h2,8-10,14,17H,1,3-7H2. The minimum Gasteiger partial charge on any atom is -0.388 e. The number of aliphatic hydroxyl groups is 1. The van der Waals surface area contributed by atoms with Gasteiger partial charge in [-0.25, -0.2) is 0 Å². The predicted octanol–water partition coefficient (Wildman–Crippen LogP) is 5.38. The van der Waals surface area contributed by atoms with Crippen molar-refractivity contribution in [3.05, 3.63) is 45.4 Å². The van der Waals surface area contributed by atoms with E-state index in [9.17, 15) is 5.11 Å². The van der Waals surface area contributed by atoms with Gasteiger partial charge in [0, 0.05) is 8.95 Å². The van der Waals surface area contributed by atoms with Crippen LogP contribution >= 0.6 is 31.9 Å². The third-order valence-corrected chi connectivity index (χ3v) is 3.92. The zero-order chi connectivity index (χ0) is 12.7. The third kappa shape index (κ3) is 5.36. The maximum Gasteiger partial charge on any atom is 0.0801 e. The Morgan fingerprint density at radius 3 is 2.71 bits per heavy atom. The molecule has 1 unspecified atom stereocenters. The summed E-state index contributed by atoms with van der Waals surface area (Å²) >= 11 is 6.89. The van der Waals surface area contributed by atoms with Crippen molar-refractivity contribution in [1.82, 2.24) is 0 Å². The number of unbranched alkanes of at least 4 members (excludes halogenated alkanes) is 3.